The molecule has 1 fully saturated rings. The Hall–Kier alpha value is -0.270. The van der Waals surface area contributed by atoms with Crippen molar-refractivity contribution in [2.75, 3.05) is 5.75 Å². The molecule has 0 amide bonds. The summed E-state index contributed by atoms with van der Waals surface area (Å²) in [5, 5.41) is 11.4. The van der Waals surface area contributed by atoms with Crippen molar-refractivity contribution < 1.29 is 0 Å². The van der Waals surface area contributed by atoms with E-state index in [0.29, 0.717) is 12.5 Å². The van der Waals surface area contributed by atoms with Gasteiger partial charge in [-0.15, -0.1) is 0 Å². The van der Waals surface area contributed by atoms with Gasteiger partial charge in [-0.1, -0.05) is 24.0 Å². The van der Waals surface area contributed by atoms with E-state index < -0.39 is 0 Å². The maximum atomic E-state index is 8.25. The first-order chi connectivity index (χ1) is 5.33. The molecule has 0 radical (unpaired) electrons. The van der Waals surface area contributed by atoms with Crippen LogP contribution in [0.2, 0.25) is 0 Å². The topological polar surface area (TPSA) is 35.8 Å². The molecule has 0 aromatic rings. The third-order valence-electron chi connectivity index (χ3n) is 1.35. The zero-order valence-corrected chi connectivity index (χ0v) is 7.80. The average molecular weight is 186 g/mol. The lowest BCUT2D eigenvalue weighted by atomic mass is 10.6. The van der Waals surface area contributed by atoms with Gasteiger partial charge in [0.05, 0.1) is 6.07 Å². The number of thiocarbonyl (C=S) groups is 1. The molecule has 1 aliphatic rings. The predicted octanol–water partition coefficient (Wildman–Crippen LogP) is 1.67. The highest BCUT2D eigenvalue weighted by molar-refractivity contribution is 8.22. The molecular formula is C7H10N2S2. The van der Waals surface area contributed by atoms with Crippen LogP contribution in [0.25, 0.3) is 0 Å². The van der Waals surface area contributed by atoms with E-state index in [2.05, 4.69) is 11.4 Å². The summed E-state index contributed by atoms with van der Waals surface area (Å²) in [6.45, 7) is 0. The molecule has 0 atom stereocenters. The number of nitriles is 1. The number of hydrogen-bond donors (Lipinski definition) is 1. The number of thioether (sulfide) groups is 1. The van der Waals surface area contributed by atoms with Crippen LogP contribution in [0.15, 0.2) is 0 Å². The Morgan fingerprint density at radius 2 is 2.45 bits per heavy atom. The number of hydrogen-bond acceptors (Lipinski definition) is 3. The summed E-state index contributed by atoms with van der Waals surface area (Å²) in [4.78, 5) is 0. The number of rotatable bonds is 3. The molecule has 0 bridgehead atoms. The summed E-state index contributed by atoms with van der Waals surface area (Å²) in [5.74, 6) is 0.815. The van der Waals surface area contributed by atoms with Crippen LogP contribution in [0.4, 0.5) is 0 Å². The minimum Gasteiger partial charge on any atom is -0.368 e. The number of nitrogens with one attached hydrogen (secondary N) is 1. The van der Waals surface area contributed by atoms with E-state index in [0.717, 1.165) is 10.1 Å². The maximum Gasteiger partial charge on any atom is 0.134 e. The molecule has 0 spiro atoms. The summed E-state index contributed by atoms with van der Waals surface area (Å²) in [7, 11) is 0. The summed E-state index contributed by atoms with van der Waals surface area (Å²) in [6, 6.07) is 2.72. The van der Waals surface area contributed by atoms with Gasteiger partial charge in [0.15, 0.2) is 0 Å². The molecule has 4 heteroatoms. The Morgan fingerprint density at radius 3 is 3.00 bits per heavy atom. The second-order valence-corrected chi connectivity index (χ2v) is 4.23. The first kappa shape index (κ1) is 8.82. The molecule has 60 valence electrons. The standard InChI is InChI=1S/C7H10N2S2/c8-4-1-5-11-7(10)9-6-2-3-6/h6H,1-3,5H2,(H,9,10). The molecule has 1 rings (SSSR count). The normalized spacial score (nSPS) is 15.5. The van der Waals surface area contributed by atoms with Crippen molar-refractivity contribution in [2.45, 2.75) is 25.3 Å². The zero-order valence-electron chi connectivity index (χ0n) is 6.17. The fourth-order valence-electron chi connectivity index (χ4n) is 0.625. The molecule has 0 aromatic carbocycles. The van der Waals surface area contributed by atoms with Gasteiger partial charge in [0, 0.05) is 18.2 Å². The molecule has 2 nitrogen and oxygen atoms in total. The fourth-order valence-corrected chi connectivity index (χ4v) is 1.67. The quantitative estimate of drug-likeness (QED) is 0.537. The molecular weight excluding hydrogens is 176 g/mol. The lowest BCUT2D eigenvalue weighted by Gasteiger charge is -2.02. The van der Waals surface area contributed by atoms with Crippen molar-refractivity contribution >= 4 is 28.3 Å². The third-order valence-corrected chi connectivity index (χ3v) is 2.61. The first-order valence-electron chi connectivity index (χ1n) is 3.63. The van der Waals surface area contributed by atoms with Crippen molar-refractivity contribution in [3.8, 4) is 6.07 Å². The van der Waals surface area contributed by atoms with Gasteiger partial charge in [-0.3, -0.25) is 0 Å². The molecule has 0 saturated heterocycles. The zero-order chi connectivity index (χ0) is 8.10. The Kier molecular flexibility index (Phi) is 3.67. The molecule has 1 N–H and O–H groups in total. The fraction of sp³-hybridized carbons (Fsp3) is 0.714. The van der Waals surface area contributed by atoms with E-state index in [9.17, 15) is 0 Å². The van der Waals surface area contributed by atoms with Gasteiger partial charge in [0.2, 0.25) is 0 Å². The molecule has 0 unspecified atom stereocenters. The van der Waals surface area contributed by atoms with Crippen LogP contribution in [-0.2, 0) is 0 Å². The average Bonchev–Trinajstić information content (AvgIpc) is 2.72. The second kappa shape index (κ2) is 4.58. The first-order valence-corrected chi connectivity index (χ1v) is 5.02. The van der Waals surface area contributed by atoms with Gasteiger partial charge in [-0.05, 0) is 12.8 Å². The van der Waals surface area contributed by atoms with Crippen molar-refractivity contribution in [3.05, 3.63) is 0 Å². The molecule has 0 aliphatic heterocycles. The van der Waals surface area contributed by atoms with Gasteiger partial charge >= 0.3 is 0 Å². The van der Waals surface area contributed by atoms with E-state index in [1.807, 2.05) is 0 Å². The Morgan fingerprint density at radius 1 is 1.73 bits per heavy atom. The lowest BCUT2D eigenvalue weighted by Crippen LogP contribution is -2.20. The summed E-state index contributed by atoms with van der Waals surface area (Å²) in [5.41, 5.74) is 0. The van der Waals surface area contributed by atoms with Gasteiger partial charge < -0.3 is 5.32 Å². The highest BCUT2D eigenvalue weighted by Crippen LogP contribution is 2.20. The van der Waals surface area contributed by atoms with Gasteiger partial charge in [0.25, 0.3) is 0 Å². The van der Waals surface area contributed by atoms with E-state index in [4.69, 9.17) is 17.5 Å². The van der Waals surface area contributed by atoms with Gasteiger partial charge in [0.1, 0.15) is 4.32 Å². The molecule has 1 saturated carbocycles. The van der Waals surface area contributed by atoms with Gasteiger partial charge in [-0.2, -0.15) is 5.26 Å². The molecule has 0 heterocycles. The highest BCUT2D eigenvalue weighted by atomic mass is 32.2. The highest BCUT2D eigenvalue weighted by Gasteiger charge is 2.21. The Labute approximate surface area is 76.3 Å². The molecule has 11 heavy (non-hydrogen) atoms. The van der Waals surface area contributed by atoms with Crippen molar-refractivity contribution in [3.63, 3.8) is 0 Å². The van der Waals surface area contributed by atoms with E-state index in [1.54, 1.807) is 11.8 Å². The minimum atomic E-state index is 0.581. The van der Waals surface area contributed by atoms with E-state index in [-0.39, 0.29) is 0 Å². The van der Waals surface area contributed by atoms with Crippen LogP contribution in [0.3, 0.4) is 0 Å². The second-order valence-electron chi connectivity index (χ2n) is 2.46. The van der Waals surface area contributed by atoms with Crippen molar-refractivity contribution in [2.24, 2.45) is 0 Å². The van der Waals surface area contributed by atoms with Crippen LogP contribution < -0.4 is 5.32 Å². The van der Waals surface area contributed by atoms with Crippen LogP contribution in [0.1, 0.15) is 19.3 Å². The molecule has 1 aliphatic carbocycles. The monoisotopic (exact) mass is 186 g/mol. The predicted molar refractivity (Wildman–Crippen MR) is 51.4 cm³/mol. The Balaban J connectivity index is 1.97. The van der Waals surface area contributed by atoms with E-state index >= 15 is 0 Å². The minimum absolute atomic E-state index is 0.581. The largest absolute Gasteiger partial charge is 0.368 e. The smallest absolute Gasteiger partial charge is 0.134 e. The van der Waals surface area contributed by atoms with Crippen LogP contribution in [0.5, 0.6) is 0 Å². The van der Waals surface area contributed by atoms with Crippen LogP contribution >= 0.6 is 24.0 Å². The van der Waals surface area contributed by atoms with E-state index in [1.165, 1.54) is 12.8 Å². The SMILES string of the molecule is N#CCCSC(=S)NC1CC1. The third kappa shape index (κ3) is 4.23. The van der Waals surface area contributed by atoms with Crippen LogP contribution in [0, 0.1) is 11.3 Å². The number of nitrogens with zero attached hydrogens (tertiary/aromatic N) is 1. The molecule has 0 aromatic heterocycles. The summed E-state index contributed by atoms with van der Waals surface area (Å²) >= 11 is 6.59. The maximum absolute atomic E-state index is 8.25. The summed E-state index contributed by atoms with van der Waals surface area (Å²) < 4.78 is 0.850. The van der Waals surface area contributed by atoms with Gasteiger partial charge in [-0.25, -0.2) is 0 Å². The van der Waals surface area contributed by atoms with Crippen LogP contribution in [-0.4, -0.2) is 16.1 Å². The Bertz CT molecular complexity index is 181. The lowest BCUT2D eigenvalue weighted by molar-refractivity contribution is 0.933. The summed E-state index contributed by atoms with van der Waals surface area (Å²) in [6.07, 6.45) is 3.08. The van der Waals surface area contributed by atoms with Crippen molar-refractivity contribution in [1.82, 2.24) is 5.32 Å². The van der Waals surface area contributed by atoms with Crippen molar-refractivity contribution in [1.29, 1.82) is 5.26 Å².